The molecular formula is C37H22Cl2N6O4. The van der Waals surface area contributed by atoms with Crippen molar-refractivity contribution < 1.29 is 9.85 Å². The number of halogens is 2. The van der Waals surface area contributed by atoms with Gasteiger partial charge in [0.05, 0.1) is 36.8 Å². The van der Waals surface area contributed by atoms with Crippen LogP contribution in [-0.2, 0) is 0 Å². The van der Waals surface area contributed by atoms with Crippen LogP contribution >= 0.6 is 23.2 Å². The predicted molar refractivity (Wildman–Crippen MR) is 195 cm³/mol. The van der Waals surface area contributed by atoms with Gasteiger partial charge in [0.1, 0.15) is 0 Å². The van der Waals surface area contributed by atoms with Crippen LogP contribution in [0.25, 0.3) is 78.6 Å². The van der Waals surface area contributed by atoms with Crippen LogP contribution in [0.3, 0.4) is 0 Å². The molecule has 0 atom stereocenters. The zero-order chi connectivity index (χ0) is 33.8. The average Bonchev–Trinajstić information content (AvgIpc) is 3.92. The number of hydrogen-bond donors (Lipinski definition) is 3. The molecule has 4 aromatic heterocycles. The van der Waals surface area contributed by atoms with Gasteiger partial charge < -0.3 is 15.0 Å². The molecule has 238 valence electrons. The molecule has 0 saturated heterocycles. The SMILES string of the molecule is O=[N+]([O-])c1cccc(-c2c3nc(c4ccc([nH]4)c(-c4cccc([N+](=O)[O-])c4)c4ccc([nH]4)c(-c4c(Cl)cccc4Cl)c4ccc2[nH]4)C=C3)c1. The van der Waals surface area contributed by atoms with Crippen LogP contribution < -0.4 is 0 Å². The smallest absolute Gasteiger partial charge is 0.270 e. The maximum atomic E-state index is 11.8. The van der Waals surface area contributed by atoms with Crippen LogP contribution in [0.2, 0.25) is 10.0 Å². The van der Waals surface area contributed by atoms with E-state index in [1.54, 1.807) is 30.3 Å². The van der Waals surface area contributed by atoms with Gasteiger partial charge in [-0.1, -0.05) is 53.5 Å². The molecule has 5 heterocycles. The first-order valence-corrected chi connectivity index (χ1v) is 15.8. The Morgan fingerprint density at radius 2 is 0.918 bits per heavy atom. The molecule has 1 aliphatic rings. The fourth-order valence-electron chi connectivity index (χ4n) is 6.31. The first-order chi connectivity index (χ1) is 23.7. The molecular weight excluding hydrogens is 663 g/mol. The van der Waals surface area contributed by atoms with Crippen LogP contribution in [0.4, 0.5) is 11.4 Å². The lowest BCUT2D eigenvalue weighted by atomic mass is 10.0. The molecule has 0 aliphatic carbocycles. The third-order valence-electron chi connectivity index (χ3n) is 8.48. The second kappa shape index (κ2) is 11.8. The highest BCUT2D eigenvalue weighted by molar-refractivity contribution is 6.40. The van der Waals surface area contributed by atoms with Gasteiger partial charge in [-0.3, -0.25) is 20.2 Å². The molecule has 0 amide bonds. The van der Waals surface area contributed by atoms with Gasteiger partial charge in [0.15, 0.2) is 0 Å². The second-order valence-electron chi connectivity index (χ2n) is 11.4. The summed E-state index contributed by atoms with van der Waals surface area (Å²) in [7, 11) is 0. The zero-order valence-corrected chi connectivity index (χ0v) is 26.7. The molecule has 10 nitrogen and oxygen atoms in total. The summed E-state index contributed by atoms with van der Waals surface area (Å²) in [5.41, 5.74) is 9.09. The van der Waals surface area contributed by atoms with Crippen molar-refractivity contribution in [2.24, 2.45) is 0 Å². The average molecular weight is 686 g/mol. The Morgan fingerprint density at radius 3 is 1.47 bits per heavy atom. The summed E-state index contributed by atoms with van der Waals surface area (Å²) >= 11 is 13.7. The molecule has 0 radical (unpaired) electrons. The molecule has 0 spiro atoms. The number of non-ortho nitro benzene ring substituents is 2. The van der Waals surface area contributed by atoms with Crippen molar-refractivity contribution in [3.05, 3.63) is 145 Å². The van der Waals surface area contributed by atoms with Gasteiger partial charge in [-0.15, -0.1) is 0 Å². The van der Waals surface area contributed by atoms with Crippen molar-refractivity contribution >= 4 is 79.8 Å². The van der Waals surface area contributed by atoms with Crippen molar-refractivity contribution in [3.63, 3.8) is 0 Å². The van der Waals surface area contributed by atoms with Gasteiger partial charge >= 0.3 is 0 Å². The Bertz CT molecular complexity index is 2650. The minimum absolute atomic E-state index is 0.0416. The fourth-order valence-corrected chi connectivity index (χ4v) is 6.90. The third kappa shape index (κ3) is 5.29. The summed E-state index contributed by atoms with van der Waals surface area (Å²) < 4.78 is 0. The largest absolute Gasteiger partial charge is 0.354 e. The van der Waals surface area contributed by atoms with Crippen LogP contribution in [0, 0.1) is 20.2 Å². The molecule has 3 N–H and O–H groups in total. The van der Waals surface area contributed by atoms with Gasteiger partial charge in [0, 0.05) is 74.1 Å². The quantitative estimate of drug-likeness (QED) is 0.122. The zero-order valence-electron chi connectivity index (χ0n) is 25.2. The number of benzene rings is 3. The van der Waals surface area contributed by atoms with Crippen molar-refractivity contribution in [2.45, 2.75) is 0 Å². The van der Waals surface area contributed by atoms with E-state index in [1.165, 1.54) is 24.3 Å². The number of H-pyrrole nitrogens is 3. The number of nitro groups is 2. The first kappa shape index (κ1) is 30.1. The van der Waals surface area contributed by atoms with Gasteiger partial charge in [0.2, 0.25) is 0 Å². The number of rotatable bonds is 5. The normalized spacial score (nSPS) is 11.7. The van der Waals surface area contributed by atoms with E-state index in [4.69, 9.17) is 28.2 Å². The number of aromatic amines is 3. The Balaban J connectivity index is 1.56. The van der Waals surface area contributed by atoms with E-state index in [1.807, 2.05) is 60.7 Å². The summed E-state index contributed by atoms with van der Waals surface area (Å²) in [6.07, 6.45) is 3.74. The number of aromatic nitrogens is 4. The maximum absolute atomic E-state index is 11.8. The molecule has 8 rings (SSSR count). The van der Waals surface area contributed by atoms with E-state index < -0.39 is 9.85 Å². The number of nitro benzene ring substituents is 2. The lowest BCUT2D eigenvalue weighted by molar-refractivity contribution is -0.385. The number of nitrogens with zero attached hydrogens (tertiary/aromatic N) is 3. The third-order valence-corrected chi connectivity index (χ3v) is 9.11. The molecule has 0 saturated carbocycles. The summed E-state index contributed by atoms with van der Waals surface area (Å²) in [5, 5.41) is 24.4. The van der Waals surface area contributed by atoms with Gasteiger partial charge in [-0.2, -0.15) is 0 Å². The van der Waals surface area contributed by atoms with Crippen LogP contribution in [0.15, 0.2) is 103 Å². The van der Waals surface area contributed by atoms with E-state index >= 15 is 0 Å². The fraction of sp³-hybridized carbons (Fsp3) is 0. The van der Waals surface area contributed by atoms with Gasteiger partial charge in [0.25, 0.3) is 11.4 Å². The monoisotopic (exact) mass is 684 g/mol. The lowest BCUT2D eigenvalue weighted by Gasteiger charge is -2.08. The molecule has 12 heteroatoms. The van der Waals surface area contributed by atoms with E-state index in [-0.39, 0.29) is 11.4 Å². The Labute approximate surface area is 287 Å². The second-order valence-corrected chi connectivity index (χ2v) is 12.2. The standard InChI is InChI=1S/C37H22Cl2N6O4/c38-24-8-3-9-25(39)36(24)37-32-16-14-30(42-32)34(20-4-1-6-22(18-20)44(46)47)28-12-10-26(40-28)27-11-13-29(41-27)35(31-15-17-33(37)43-31)21-5-2-7-23(19-21)45(48)49/h1-19,40,42-43H. The highest BCUT2D eigenvalue weighted by Gasteiger charge is 2.19. The first-order valence-electron chi connectivity index (χ1n) is 15.0. The van der Waals surface area contributed by atoms with Crippen LogP contribution in [0.1, 0.15) is 11.4 Å². The van der Waals surface area contributed by atoms with Crippen LogP contribution in [0.5, 0.6) is 0 Å². The molecule has 8 bridgehead atoms. The summed E-state index contributed by atoms with van der Waals surface area (Å²) in [4.78, 5) is 38.2. The van der Waals surface area contributed by atoms with Gasteiger partial charge in [-0.25, -0.2) is 4.98 Å². The van der Waals surface area contributed by atoms with Gasteiger partial charge in [-0.05, 0) is 71.8 Å². The highest BCUT2D eigenvalue weighted by atomic mass is 35.5. The van der Waals surface area contributed by atoms with Crippen molar-refractivity contribution in [1.82, 2.24) is 19.9 Å². The molecule has 0 fully saturated rings. The van der Waals surface area contributed by atoms with E-state index in [0.717, 1.165) is 0 Å². The minimum Gasteiger partial charge on any atom is -0.354 e. The Hall–Kier alpha value is -6.23. The Kier molecular flexibility index (Phi) is 7.24. The highest BCUT2D eigenvalue weighted by Crippen LogP contribution is 2.41. The van der Waals surface area contributed by atoms with Crippen LogP contribution in [-0.4, -0.2) is 29.8 Å². The topological polar surface area (TPSA) is 147 Å². The van der Waals surface area contributed by atoms with Crippen molar-refractivity contribution in [1.29, 1.82) is 0 Å². The number of nitrogens with one attached hydrogen (secondary N) is 3. The molecule has 7 aromatic rings. The molecule has 49 heavy (non-hydrogen) atoms. The van der Waals surface area contributed by atoms with E-state index in [0.29, 0.717) is 87.9 Å². The maximum Gasteiger partial charge on any atom is 0.270 e. The lowest BCUT2D eigenvalue weighted by Crippen LogP contribution is -1.90. The summed E-state index contributed by atoms with van der Waals surface area (Å²) in [5.74, 6) is 0. The number of hydrogen-bond acceptors (Lipinski definition) is 5. The summed E-state index contributed by atoms with van der Waals surface area (Å²) in [6, 6.07) is 29.6. The molecule has 1 aliphatic heterocycles. The molecule has 3 aromatic carbocycles. The molecule has 0 unspecified atom stereocenters. The predicted octanol–water partition coefficient (Wildman–Crippen LogP) is 10.8. The van der Waals surface area contributed by atoms with E-state index in [9.17, 15) is 20.2 Å². The van der Waals surface area contributed by atoms with E-state index in [2.05, 4.69) is 15.0 Å². The minimum atomic E-state index is -0.426. The Morgan fingerprint density at radius 1 is 0.490 bits per heavy atom. The number of fused-ring (bicyclic) bond motifs is 9. The van der Waals surface area contributed by atoms with Crippen molar-refractivity contribution in [2.75, 3.05) is 0 Å². The van der Waals surface area contributed by atoms with Crippen molar-refractivity contribution in [3.8, 4) is 33.4 Å². The summed E-state index contributed by atoms with van der Waals surface area (Å²) in [6.45, 7) is 0.